The lowest BCUT2D eigenvalue weighted by Crippen LogP contribution is -2.65. The molecule has 0 aromatic heterocycles. The molecule has 1 aliphatic heterocycles. The molecular formula is C25H36Cl2N2O. The van der Waals surface area contributed by atoms with Crippen LogP contribution in [0.2, 0.25) is 0 Å². The van der Waals surface area contributed by atoms with E-state index in [1.165, 1.54) is 23.1 Å². The number of hydrogen-bond acceptors (Lipinski definition) is 3. The summed E-state index contributed by atoms with van der Waals surface area (Å²) >= 11 is 0. The van der Waals surface area contributed by atoms with Crippen molar-refractivity contribution in [1.29, 1.82) is 0 Å². The Morgan fingerprint density at radius 2 is 1.50 bits per heavy atom. The Hall–Kier alpha value is -1.10. The van der Waals surface area contributed by atoms with Crippen LogP contribution in [0.4, 0.5) is 0 Å². The summed E-state index contributed by atoms with van der Waals surface area (Å²) in [6, 6.07) is 19.7. The minimum absolute atomic E-state index is 0. The smallest absolute Gasteiger partial charge is 0.0799 e. The van der Waals surface area contributed by atoms with Gasteiger partial charge in [-0.05, 0) is 43.4 Å². The van der Waals surface area contributed by atoms with Gasteiger partial charge in [0.15, 0.2) is 0 Å². The third-order valence-corrected chi connectivity index (χ3v) is 7.21. The van der Waals surface area contributed by atoms with Crippen LogP contribution in [0.3, 0.4) is 0 Å². The quantitative estimate of drug-likeness (QED) is 0.653. The molecule has 0 amide bonds. The maximum atomic E-state index is 11.4. The Morgan fingerprint density at radius 1 is 0.900 bits per heavy atom. The summed E-state index contributed by atoms with van der Waals surface area (Å²) in [5.74, 6) is 0. The van der Waals surface area contributed by atoms with E-state index in [-0.39, 0.29) is 36.4 Å². The van der Waals surface area contributed by atoms with Crippen molar-refractivity contribution < 1.29 is 5.11 Å². The van der Waals surface area contributed by atoms with Crippen LogP contribution in [-0.2, 0) is 5.54 Å². The van der Waals surface area contributed by atoms with Gasteiger partial charge in [-0.15, -0.1) is 24.8 Å². The predicted octanol–water partition coefficient (Wildman–Crippen LogP) is 5.40. The number of rotatable bonds is 4. The number of nitrogens with zero attached hydrogens (tertiary/aromatic N) is 1. The SMILES string of the molecule is CC(N1CCNCC1(C)c1ccc(-c2ccccc2)cc1)C1(O)CCCCC1.Cl.Cl. The Balaban J connectivity index is 0.00000160. The summed E-state index contributed by atoms with van der Waals surface area (Å²) in [7, 11) is 0. The van der Waals surface area contributed by atoms with Crippen molar-refractivity contribution in [2.24, 2.45) is 0 Å². The molecule has 5 heteroatoms. The van der Waals surface area contributed by atoms with Crippen molar-refractivity contribution in [3.05, 3.63) is 60.2 Å². The van der Waals surface area contributed by atoms with E-state index in [4.69, 9.17) is 0 Å². The molecule has 3 nitrogen and oxygen atoms in total. The molecule has 2 unspecified atom stereocenters. The van der Waals surface area contributed by atoms with E-state index in [0.29, 0.717) is 0 Å². The van der Waals surface area contributed by atoms with Crippen molar-refractivity contribution in [3.63, 3.8) is 0 Å². The molecule has 2 aromatic carbocycles. The fourth-order valence-electron chi connectivity index (χ4n) is 5.29. The van der Waals surface area contributed by atoms with Gasteiger partial charge in [-0.25, -0.2) is 0 Å². The first-order chi connectivity index (χ1) is 13.5. The van der Waals surface area contributed by atoms with Crippen molar-refractivity contribution in [2.45, 2.75) is 63.1 Å². The van der Waals surface area contributed by atoms with E-state index in [2.05, 4.69) is 78.7 Å². The summed E-state index contributed by atoms with van der Waals surface area (Å²) in [5.41, 5.74) is 3.16. The number of aliphatic hydroxyl groups is 1. The highest BCUT2D eigenvalue weighted by Gasteiger charge is 2.46. The first-order valence-electron chi connectivity index (χ1n) is 10.9. The maximum absolute atomic E-state index is 11.4. The average Bonchev–Trinajstić information content (AvgIpc) is 2.75. The largest absolute Gasteiger partial charge is 0.388 e. The molecule has 30 heavy (non-hydrogen) atoms. The van der Waals surface area contributed by atoms with Gasteiger partial charge in [-0.3, -0.25) is 4.90 Å². The molecule has 166 valence electrons. The van der Waals surface area contributed by atoms with E-state index in [0.717, 1.165) is 45.3 Å². The maximum Gasteiger partial charge on any atom is 0.0799 e. The van der Waals surface area contributed by atoms with E-state index < -0.39 is 5.60 Å². The minimum atomic E-state index is -0.555. The molecule has 1 saturated heterocycles. The summed E-state index contributed by atoms with van der Waals surface area (Å²) in [4.78, 5) is 2.56. The molecule has 2 aromatic rings. The lowest BCUT2D eigenvalue weighted by atomic mass is 9.76. The molecule has 0 spiro atoms. The number of piperazine rings is 1. The number of hydrogen-bond donors (Lipinski definition) is 2. The van der Waals surface area contributed by atoms with Gasteiger partial charge in [0, 0.05) is 25.7 Å². The van der Waals surface area contributed by atoms with Crippen LogP contribution in [0.1, 0.15) is 51.5 Å². The number of halogens is 2. The molecule has 4 rings (SSSR count). The zero-order chi connectivity index (χ0) is 19.6. The van der Waals surface area contributed by atoms with E-state index in [9.17, 15) is 5.11 Å². The van der Waals surface area contributed by atoms with Crippen LogP contribution in [-0.4, -0.2) is 41.3 Å². The van der Waals surface area contributed by atoms with Crippen LogP contribution in [0, 0.1) is 0 Å². The van der Waals surface area contributed by atoms with E-state index >= 15 is 0 Å². The molecule has 1 aliphatic carbocycles. The third kappa shape index (κ3) is 4.87. The Kier molecular flexibility index (Phi) is 8.79. The average molecular weight is 451 g/mol. The number of nitrogens with one attached hydrogen (secondary N) is 1. The van der Waals surface area contributed by atoms with Crippen molar-refractivity contribution in [1.82, 2.24) is 10.2 Å². The normalized spacial score (nSPS) is 24.9. The molecule has 0 bridgehead atoms. The van der Waals surface area contributed by atoms with Crippen LogP contribution < -0.4 is 5.32 Å². The zero-order valence-corrected chi connectivity index (χ0v) is 19.8. The molecule has 0 radical (unpaired) electrons. The van der Waals surface area contributed by atoms with Gasteiger partial charge < -0.3 is 10.4 Å². The predicted molar refractivity (Wildman–Crippen MR) is 131 cm³/mol. The fraction of sp³-hybridized carbons (Fsp3) is 0.520. The Morgan fingerprint density at radius 3 is 2.13 bits per heavy atom. The van der Waals surface area contributed by atoms with Gasteiger partial charge in [0.1, 0.15) is 0 Å². The van der Waals surface area contributed by atoms with Crippen molar-refractivity contribution >= 4 is 24.8 Å². The summed E-state index contributed by atoms with van der Waals surface area (Å²) in [6.07, 6.45) is 5.42. The van der Waals surface area contributed by atoms with Gasteiger partial charge in [0.25, 0.3) is 0 Å². The monoisotopic (exact) mass is 450 g/mol. The van der Waals surface area contributed by atoms with Crippen LogP contribution in [0.15, 0.2) is 54.6 Å². The first kappa shape index (κ1) is 25.2. The van der Waals surface area contributed by atoms with E-state index in [1.807, 2.05) is 0 Å². The molecule has 1 saturated carbocycles. The summed E-state index contributed by atoms with van der Waals surface area (Å²) in [5, 5.41) is 15.0. The minimum Gasteiger partial charge on any atom is -0.388 e. The standard InChI is InChI=1S/C25H34N2O.2ClH/c1-20(25(28)15-7-4-8-16-25)27-18-17-26-19-24(27,2)23-13-11-22(12-14-23)21-9-5-3-6-10-21;;/h3,5-6,9-14,20,26,28H,4,7-8,15-19H2,1-2H3;2*1H. The van der Waals surface area contributed by atoms with Gasteiger partial charge in [0.05, 0.1) is 11.1 Å². The second-order valence-corrected chi connectivity index (χ2v) is 8.93. The number of benzene rings is 2. The van der Waals surface area contributed by atoms with Gasteiger partial charge in [-0.2, -0.15) is 0 Å². The second-order valence-electron chi connectivity index (χ2n) is 8.93. The molecule has 2 N–H and O–H groups in total. The zero-order valence-electron chi connectivity index (χ0n) is 18.1. The van der Waals surface area contributed by atoms with Crippen LogP contribution >= 0.6 is 24.8 Å². The van der Waals surface area contributed by atoms with Crippen LogP contribution in [0.25, 0.3) is 11.1 Å². The highest BCUT2D eigenvalue weighted by molar-refractivity contribution is 5.85. The van der Waals surface area contributed by atoms with Crippen molar-refractivity contribution in [2.75, 3.05) is 19.6 Å². The first-order valence-corrected chi connectivity index (χ1v) is 10.9. The molecular weight excluding hydrogens is 415 g/mol. The highest BCUT2D eigenvalue weighted by Crippen LogP contribution is 2.39. The molecule has 2 aliphatic rings. The molecule has 2 atom stereocenters. The fourth-order valence-corrected chi connectivity index (χ4v) is 5.29. The third-order valence-electron chi connectivity index (χ3n) is 7.21. The highest BCUT2D eigenvalue weighted by atomic mass is 35.5. The second kappa shape index (κ2) is 10.5. The lowest BCUT2D eigenvalue weighted by molar-refractivity contribution is -0.103. The topological polar surface area (TPSA) is 35.5 Å². The molecule has 2 fully saturated rings. The van der Waals surface area contributed by atoms with Crippen LogP contribution in [0.5, 0.6) is 0 Å². The van der Waals surface area contributed by atoms with Gasteiger partial charge in [-0.1, -0.05) is 73.9 Å². The van der Waals surface area contributed by atoms with Gasteiger partial charge in [0.2, 0.25) is 0 Å². The molecule has 1 heterocycles. The lowest BCUT2D eigenvalue weighted by Gasteiger charge is -2.53. The van der Waals surface area contributed by atoms with E-state index in [1.54, 1.807) is 0 Å². The summed E-state index contributed by atoms with van der Waals surface area (Å²) < 4.78 is 0. The Labute approximate surface area is 194 Å². The summed E-state index contributed by atoms with van der Waals surface area (Å²) in [6.45, 7) is 7.45. The van der Waals surface area contributed by atoms with Gasteiger partial charge >= 0.3 is 0 Å². The van der Waals surface area contributed by atoms with Crippen molar-refractivity contribution in [3.8, 4) is 11.1 Å². The Bertz CT molecular complexity index is 777.